The number of carbonyl (C=O) groups excluding carboxylic acids is 1. The van der Waals surface area contributed by atoms with Gasteiger partial charge in [-0.05, 0) is 18.6 Å². The van der Waals surface area contributed by atoms with E-state index in [2.05, 4.69) is 20.2 Å². The maximum atomic E-state index is 12.3. The Morgan fingerprint density at radius 1 is 1.44 bits per heavy atom. The molecule has 25 heavy (non-hydrogen) atoms. The van der Waals surface area contributed by atoms with E-state index in [1.807, 2.05) is 12.1 Å². The Hall–Kier alpha value is -3.00. The number of aliphatic hydroxyl groups excluding tert-OH is 1. The molecule has 2 N–H and O–H groups in total. The molecular weight excluding hydrogens is 322 g/mol. The highest BCUT2D eigenvalue weighted by molar-refractivity contribution is 5.92. The predicted octanol–water partition coefficient (Wildman–Crippen LogP) is 1.26. The zero-order valence-electron chi connectivity index (χ0n) is 13.6. The van der Waals surface area contributed by atoms with E-state index in [4.69, 9.17) is 4.42 Å². The zero-order valence-corrected chi connectivity index (χ0v) is 13.6. The fourth-order valence-corrected chi connectivity index (χ4v) is 2.76. The first-order chi connectivity index (χ1) is 12.1. The summed E-state index contributed by atoms with van der Waals surface area (Å²) in [6.45, 7) is 2.14. The van der Waals surface area contributed by atoms with Gasteiger partial charge in [0.15, 0.2) is 11.6 Å². The van der Waals surface area contributed by atoms with Crippen LogP contribution in [0.4, 0.5) is 0 Å². The van der Waals surface area contributed by atoms with Crippen molar-refractivity contribution >= 4 is 5.91 Å². The molecule has 0 aliphatic carbocycles. The topological polar surface area (TPSA) is 108 Å². The van der Waals surface area contributed by atoms with Crippen LogP contribution in [0.3, 0.4) is 0 Å². The minimum Gasteiger partial charge on any atom is -0.448 e. The number of aromatic amines is 1. The molecule has 0 spiro atoms. The van der Waals surface area contributed by atoms with Gasteiger partial charge in [0.2, 0.25) is 0 Å². The fraction of sp³-hybridized carbons (Fsp3) is 0.294. The Morgan fingerprint density at radius 2 is 2.32 bits per heavy atom. The highest BCUT2D eigenvalue weighted by Gasteiger charge is 2.38. The predicted molar refractivity (Wildman–Crippen MR) is 87.6 cm³/mol. The summed E-state index contributed by atoms with van der Waals surface area (Å²) in [4.78, 5) is 22.5. The summed E-state index contributed by atoms with van der Waals surface area (Å²) in [7, 11) is 0. The minimum absolute atomic E-state index is 0.188. The molecule has 8 nitrogen and oxygen atoms in total. The largest absolute Gasteiger partial charge is 0.448 e. The summed E-state index contributed by atoms with van der Waals surface area (Å²) in [5, 5.41) is 16.2. The van der Waals surface area contributed by atoms with Crippen molar-refractivity contribution in [1.82, 2.24) is 25.1 Å². The number of carbonyl (C=O) groups is 1. The van der Waals surface area contributed by atoms with Crippen LogP contribution in [0.25, 0.3) is 11.3 Å². The molecule has 2 atom stereocenters. The number of likely N-dealkylation sites (tertiary alicyclic amines) is 1. The summed E-state index contributed by atoms with van der Waals surface area (Å²) in [6.07, 6.45) is 6.59. The van der Waals surface area contributed by atoms with E-state index in [-0.39, 0.29) is 17.6 Å². The smallest absolute Gasteiger partial charge is 0.276 e. The molecular formula is C17H17N5O3. The van der Waals surface area contributed by atoms with Gasteiger partial charge in [0.25, 0.3) is 5.91 Å². The van der Waals surface area contributed by atoms with E-state index >= 15 is 0 Å². The molecule has 3 aromatic heterocycles. The second-order valence-electron chi connectivity index (χ2n) is 6.11. The molecule has 1 fully saturated rings. The van der Waals surface area contributed by atoms with Gasteiger partial charge < -0.3 is 14.4 Å². The number of nitrogens with one attached hydrogen (secondary N) is 1. The number of pyridine rings is 1. The van der Waals surface area contributed by atoms with E-state index in [0.29, 0.717) is 18.9 Å². The van der Waals surface area contributed by atoms with E-state index < -0.39 is 6.10 Å². The van der Waals surface area contributed by atoms with E-state index in [9.17, 15) is 9.90 Å². The quantitative estimate of drug-likeness (QED) is 0.741. The number of nitrogens with zero attached hydrogens (tertiary/aromatic N) is 4. The van der Waals surface area contributed by atoms with Crippen LogP contribution in [-0.4, -0.2) is 54.8 Å². The molecule has 1 aliphatic heterocycles. The summed E-state index contributed by atoms with van der Waals surface area (Å²) in [6, 6.07) is 3.65. The average molecular weight is 339 g/mol. The minimum atomic E-state index is -0.463. The van der Waals surface area contributed by atoms with Crippen molar-refractivity contribution in [2.24, 2.45) is 0 Å². The van der Waals surface area contributed by atoms with Crippen molar-refractivity contribution in [2.45, 2.75) is 25.5 Å². The molecule has 3 aromatic rings. The van der Waals surface area contributed by atoms with Gasteiger partial charge in [0, 0.05) is 24.5 Å². The van der Waals surface area contributed by atoms with Gasteiger partial charge in [-0.3, -0.25) is 14.9 Å². The van der Waals surface area contributed by atoms with Gasteiger partial charge in [-0.25, -0.2) is 4.98 Å². The van der Waals surface area contributed by atoms with Crippen LogP contribution >= 0.6 is 0 Å². The monoisotopic (exact) mass is 339 g/mol. The molecule has 4 heterocycles. The lowest BCUT2D eigenvalue weighted by molar-refractivity contribution is -0.0360. The Kier molecular flexibility index (Phi) is 3.81. The van der Waals surface area contributed by atoms with E-state index in [1.54, 1.807) is 30.4 Å². The van der Waals surface area contributed by atoms with Crippen molar-refractivity contribution in [2.75, 3.05) is 6.54 Å². The number of rotatable bonds is 4. The third-order valence-corrected chi connectivity index (χ3v) is 4.44. The van der Waals surface area contributed by atoms with Crippen molar-refractivity contribution in [1.29, 1.82) is 0 Å². The third-order valence-electron chi connectivity index (χ3n) is 4.44. The number of hydrogen-bond donors (Lipinski definition) is 2. The molecule has 8 heteroatoms. The van der Waals surface area contributed by atoms with Gasteiger partial charge in [-0.2, -0.15) is 5.10 Å². The Morgan fingerprint density at radius 3 is 2.96 bits per heavy atom. The number of hydrogen-bond acceptors (Lipinski definition) is 6. The van der Waals surface area contributed by atoms with Crippen molar-refractivity contribution < 1.29 is 14.3 Å². The van der Waals surface area contributed by atoms with Gasteiger partial charge in [-0.1, -0.05) is 6.07 Å². The molecule has 0 aromatic carbocycles. The van der Waals surface area contributed by atoms with Gasteiger partial charge >= 0.3 is 0 Å². The first kappa shape index (κ1) is 15.5. The first-order valence-corrected chi connectivity index (χ1v) is 7.99. The lowest BCUT2D eigenvalue weighted by Crippen LogP contribution is -2.60. The number of H-pyrrole nitrogens is 1. The van der Waals surface area contributed by atoms with Crippen LogP contribution in [0.2, 0.25) is 0 Å². The standard InChI is InChI=1S/C17H17N5O3/c1-10-15(23)8-22(10)17(24)14-9-25-16(21-14)4-11-2-3-13(18-5-11)12-6-19-20-7-12/h2-3,5-7,9-10,15,23H,4,8H2,1H3,(H,19,20)/t10-,15-/m0/s1. The first-order valence-electron chi connectivity index (χ1n) is 7.99. The molecule has 0 bridgehead atoms. The van der Waals surface area contributed by atoms with Crippen LogP contribution in [0.1, 0.15) is 28.9 Å². The molecule has 0 radical (unpaired) electrons. The summed E-state index contributed by atoms with van der Waals surface area (Å²) < 4.78 is 5.41. The summed E-state index contributed by atoms with van der Waals surface area (Å²) in [5.74, 6) is 0.233. The van der Waals surface area contributed by atoms with Gasteiger partial charge in [-0.15, -0.1) is 0 Å². The molecule has 1 amide bonds. The zero-order chi connectivity index (χ0) is 17.4. The maximum Gasteiger partial charge on any atom is 0.276 e. The number of aromatic nitrogens is 4. The second kappa shape index (κ2) is 6.14. The van der Waals surface area contributed by atoms with E-state index in [1.165, 1.54) is 6.26 Å². The summed E-state index contributed by atoms with van der Waals surface area (Å²) in [5.41, 5.74) is 2.94. The lowest BCUT2D eigenvalue weighted by Gasteiger charge is -2.42. The number of aliphatic hydroxyl groups is 1. The molecule has 1 saturated heterocycles. The van der Waals surface area contributed by atoms with Gasteiger partial charge in [0.05, 0.1) is 30.5 Å². The van der Waals surface area contributed by atoms with Crippen LogP contribution in [0, 0.1) is 0 Å². The van der Waals surface area contributed by atoms with Crippen LogP contribution < -0.4 is 0 Å². The Balaban J connectivity index is 1.43. The van der Waals surface area contributed by atoms with Crippen molar-refractivity contribution in [3.8, 4) is 11.3 Å². The van der Waals surface area contributed by atoms with Crippen LogP contribution in [0.5, 0.6) is 0 Å². The van der Waals surface area contributed by atoms with Gasteiger partial charge in [0.1, 0.15) is 6.26 Å². The highest BCUT2D eigenvalue weighted by Crippen LogP contribution is 2.21. The van der Waals surface area contributed by atoms with Crippen LogP contribution in [0.15, 0.2) is 41.4 Å². The van der Waals surface area contributed by atoms with Crippen LogP contribution in [-0.2, 0) is 6.42 Å². The van der Waals surface area contributed by atoms with E-state index in [0.717, 1.165) is 16.8 Å². The van der Waals surface area contributed by atoms with Crippen molar-refractivity contribution in [3.63, 3.8) is 0 Å². The Bertz CT molecular complexity index is 872. The fourth-order valence-electron chi connectivity index (χ4n) is 2.76. The number of β-amino-alcohol motifs (C(OH)–C–C–N with tert-alkyl or cyclic N) is 1. The summed E-state index contributed by atoms with van der Waals surface area (Å²) >= 11 is 0. The average Bonchev–Trinajstić information content (AvgIpc) is 3.31. The second-order valence-corrected chi connectivity index (χ2v) is 6.11. The number of amides is 1. The number of oxazole rings is 1. The van der Waals surface area contributed by atoms with Crippen molar-refractivity contribution in [3.05, 3.63) is 54.1 Å². The molecule has 128 valence electrons. The molecule has 1 aliphatic rings. The third kappa shape index (κ3) is 2.91. The molecule has 4 rings (SSSR count). The normalized spacial score (nSPS) is 19.7. The highest BCUT2D eigenvalue weighted by atomic mass is 16.3. The molecule has 0 saturated carbocycles. The Labute approximate surface area is 143 Å². The lowest BCUT2D eigenvalue weighted by atomic mass is 10.0. The molecule has 0 unspecified atom stereocenters. The maximum absolute atomic E-state index is 12.3. The SMILES string of the molecule is C[C@H]1[C@@H](O)CN1C(=O)c1coc(Cc2ccc(-c3cn[nH]c3)nc2)n1.